The second-order valence-corrected chi connectivity index (χ2v) is 9.83. The van der Waals surface area contributed by atoms with Crippen LogP contribution in [0, 0.1) is 40.4 Å². The van der Waals surface area contributed by atoms with Gasteiger partial charge in [0.15, 0.2) is 0 Å². The summed E-state index contributed by atoms with van der Waals surface area (Å²) in [6, 6.07) is 0. The molecule has 0 aromatic rings. The van der Waals surface area contributed by atoms with E-state index in [1.807, 2.05) is 0 Å². The predicted octanol–water partition coefficient (Wildman–Crippen LogP) is 5.04. The fourth-order valence-corrected chi connectivity index (χ4v) is 7.78. The van der Waals surface area contributed by atoms with E-state index in [4.69, 9.17) is 4.74 Å². The summed E-state index contributed by atoms with van der Waals surface area (Å²) in [5.41, 5.74) is 1.30. The molecular weight excluding hydrogens is 256 g/mol. The summed E-state index contributed by atoms with van der Waals surface area (Å²) < 4.78 is 5.94. The third-order valence-corrected chi connectivity index (χ3v) is 9.38. The molecule has 4 aliphatic carbocycles. The van der Waals surface area contributed by atoms with Crippen LogP contribution in [0.2, 0.25) is 0 Å². The van der Waals surface area contributed by atoms with Crippen LogP contribution >= 0.6 is 0 Å². The first-order valence-electron chi connectivity index (χ1n) is 9.68. The van der Waals surface area contributed by atoms with E-state index >= 15 is 0 Å². The van der Waals surface area contributed by atoms with Crippen LogP contribution in [0.5, 0.6) is 0 Å². The molecule has 0 aromatic heterocycles. The Kier molecular flexibility index (Phi) is 2.60. The van der Waals surface area contributed by atoms with Crippen molar-refractivity contribution in [1.82, 2.24) is 0 Å². The van der Waals surface area contributed by atoms with Gasteiger partial charge in [0.2, 0.25) is 0 Å². The molecule has 0 amide bonds. The number of epoxide rings is 1. The zero-order chi connectivity index (χ0) is 14.4. The second-order valence-electron chi connectivity index (χ2n) is 9.83. The monoisotopic (exact) mass is 288 g/mol. The minimum absolute atomic E-state index is 0.619. The maximum atomic E-state index is 5.94. The van der Waals surface area contributed by atoms with Crippen LogP contribution in [0.1, 0.15) is 72.1 Å². The molecule has 0 radical (unpaired) electrons. The van der Waals surface area contributed by atoms with Crippen molar-refractivity contribution in [2.75, 3.05) is 0 Å². The quantitative estimate of drug-likeness (QED) is 0.569. The number of fused-ring (bicyclic) bond motifs is 6. The Morgan fingerprint density at radius 3 is 2.52 bits per heavy atom. The molecule has 1 saturated heterocycles. The lowest BCUT2D eigenvalue weighted by molar-refractivity contribution is -0.105. The van der Waals surface area contributed by atoms with Crippen LogP contribution in [-0.4, -0.2) is 12.2 Å². The molecule has 0 spiro atoms. The van der Waals surface area contributed by atoms with Gasteiger partial charge < -0.3 is 4.74 Å². The smallest absolute Gasteiger partial charge is 0.0847 e. The van der Waals surface area contributed by atoms with Gasteiger partial charge in [-0.25, -0.2) is 0 Å². The van der Waals surface area contributed by atoms with Gasteiger partial charge >= 0.3 is 0 Å². The summed E-state index contributed by atoms with van der Waals surface area (Å²) in [6.07, 6.45) is 13.2. The zero-order valence-electron chi connectivity index (χ0n) is 14.1. The number of ether oxygens (including phenoxy) is 1. The van der Waals surface area contributed by atoms with Crippen LogP contribution in [-0.2, 0) is 4.74 Å². The lowest BCUT2D eigenvalue weighted by Gasteiger charge is -2.60. The molecule has 1 nitrogen and oxygen atoms in total. The minimum Gasteiger partial charge on any atom is -0.370 e. The van der Waals surface area contributed by atoms with E-state index in [9.17, 15) is 0 Å². The van der Waals surface area contributed by atoms with E-state index in [-0.39, 0.29) is 0 Å². The van der Waals surface area contributed by atoms with Crippen LogP contribution in [0.3, 0.4) is 0 Å². The molecule has 118 valence electrons. The molecule has 1 heteroatoms. The van der Waals surface area contributed by atoms with Gasteiger partial charge in [-0.2, -0.15) is 0 Å². The lowest BCUT2D eigenvalue weighted by atomic mass is 9.45. The van der Waals surface area contributed by atoms with Crippen molar-refractivity contribution in [3.63, 3.8) is 0 Å². The second kappa shape index (κ2) is 4.08. The van der Waals surface area contributed by atoms with E-state index < -0.39 is 0 Å². The van der Waals surface area contributed by atoms with Crippen molar-refractivity contribution in [2.24, 2.45) is 40.4 Å². The number of hydrogen-bond acceptors (Lipinski definition) is 1. The van der Waals surface area contributed by atoms with Crippen LogP contribution in [0.15, 0.2) is 0 Å². The Bertz CT molecular complexity index is 459. The highest BCUT2D eigenvalue weighted by Gasteiger charge is 2.63. The van der Waals surface area contributed by atoms with Crippen LogP contribution < -0.4 is 0 Å². The maximum absolute atomic E-state index is 5.94. The molecule has 9 atom stereocenters. The first-order valence-corrected chi connectivity index (χ1v) is 9.68. The van der Waals surface area contributed by atoms with Gasteiger partial charge in [-0.05, 0) is 91.8 Å². The third-order valence-electron chi connectivity index (χ3n) is 9.38. The van der Waals surface area contributed by atoms with E-state index in [2.05, 4.69) is 20.8 Å². The standard InChI is InChI=1S/C20H32O/c1-12-4-7-15-14-6-5-13-10-17-18(21-17)11-20(13,3)16(14)8-9-19(12,15)2/h12-18H,4-11H2,1-3H3/t12-,13?,14-,15-,16-,17+,18-,19+,20-/m0/s1. The molecular formula is C20H32O. The summed E-state index contributed by atoms with van der Waals surface area (Å²) >= 11 is 0. The van der Waals surface area contributed by atoms with Gasteiger partial charge in [-0.3, -0.25) is 0 Å². The summed E-state index contributed by atoms with van der Waals surface area (Å²) in [6.45, 7) is 7.84. The van der Waals surface area contributed by atoms with Gasteiger partial charge in [0.25, 0.3) is 0 Å². The minimum atomic E-state index is 0.619. The maximum Gasteiger partial charge on any atom is 0.0847 e. The summed E-state index contributed by atoms with van der Waals surface area (Å²) in [5.74, 6) is 5.05. The zero-order valence-corrected chi connectivity index (χ0v) is 14.1. The Balaban J connectivity index is 1.47. The molecule has 0 bridgehead atoms. The predicted molar refractivity (Wildman–Crippen MR) is 84.9 cm³/mol. The van der Waals surface area contributed by atoms with Gasteiger partial charge in [0, 0.05) is 0 Å². The average Bonchev–Trinajstić information content (AvgIpc) is 3.12. The van der Waals surface area contributed by atoms with E-state index in [0.29, 0.717) is 23.0 Å². The van der Waals surface area contributed by atoms with Crippen molar-refractivity contribution in [2.45, 2.75) is 84.3 Å². The van der Waals surface area contributed by atoms with Gasteiger partial charge in [0.1, 0.15) is 0 Å². The van der Waals surface area contributed by atoms with E-state index in [1.54, 1.807) is 0 Å². The van der Waals surface area contributed by atoms with Crippen molar-refractivity contribution in [3.8, 4) is 0 Å². The highest BCUT2D eigenvalue weighted by atomic mass is 16.6. The number of hydrogen-bond donors (Lipinski definition) is 0. The average molecular weight is 288 g/mol. The summed E-state index contributed by atoms with van der Waals surface area (Å²) in [4.78, 5) is 0. The number of rotatable bonds is 0. The highest BCUT2D eigenvalue weighted by molar-refractivity contribution is 5.11. The topological polar surface area (TPSA) is 12.5 Å². The molecule has 5 rings (SSSR count). The third kappa shape index (κ3) is 1.62. The molecule has 1 aliphatic heterocycles. The van der Waals surface area contributed by atoms with Gasteiger partial charge in [-0.15, -0.1) is 0 Å². The molecule has 4 saturated carbocycles. The highest BCUT2D eigenvalue weighted by Crippen LogP contribution is 2.68. The molecule has 1 heterocycles. The van der Waals surface area contributed by atoms with Crippen LogP contribution in [0.25, 0.3) is 0 Å². The Morgan fingerprint density at radius 1 is 0.857 bits per heavy atom. The molecule has 0 N–H and O–H groups in total. The van der Waals surface area contributed by atoms with Crippen molar-refractivity contribution in [3.05, 3.63) is 0 Å². The Morgan fingerprint density at radius 2 is 1.67 bits per heavy atom. The molecule has 1 unspecified atom stereocenters. The lowest BCUT2D eigenvalue weighted by Crippen LogP contribution is -2.53. The van der Waals surface area contributed by atoms with Crippen molar-refractivity contribution >= 4 is 0 Å². The normalized spacial score (nSPS) is 65.0. The largest absolute Gasteiger partial charge is 0.370 e. The molecule has 5 aliphatic rings. The first-order chi connectivity index (χ1) is 10.0. The SMILES string of the molecule is C[C@H]1CC[C@H]2[C@@H]3CCC4C[C@H]5O[C@H]5C[C@]4(C)[C@H]3CC[C@]12C. The summed E-state index contributed by atoms with van der Waals surface area (Å²) in [5, 5.41) is 0. The summed E-state index contributed by atoms with van der Waals surface area (Å²) in [7, 11) is 0. The fourth-order valence-electron chi connectivity index (χ4n) is 7.78. The van der Waals surface area contributed by atoms with Gasteiger partial charge in [-0.1, -0.05) is 20.8 Å². The molecule has 21 heavy (non-hydrogen) atoms. The molecule has 5 fully saturated rings. The van der Waals surface area contributed by atoms with Crippen molar-refractivity contribution in [1.29, 1.82) is 0 Å². The van der Waals surface area contributed by atoms with Gasteiger partial charge in [0.05, 0.1) is 12.2 Å². The van der Waals surface area contributed by atoms with E-state index in [0.717, 1.165) is 29.6 Å². The Labute approximate surface area is 130 Å². The van der Waals surface area contributed by atoms with Crippen molar-refractivity contribution < 1.29 is 4.74 Å². The Hall–Kier alpha value is -0.0400. The van der Waals surface area contributed by atoms with E-state index in [1.165, 1.54) is 51.4 Å². The fraction of sp³-hybridized carbons (Fsp3) is 1.00. The first kappa shape index (κ1) is 13.4. The van der Waals surface area contributed by atoms with Crippen LogP contribution in [0.4, 0.5) is 0 Å². The molecule has 0 aromatic carbocycles.